The van der Waals surface area contributed by atoms with Gasteiger partial charge >= 0.3 is 0 Å². The fraction of sp³-hybridized carbons (Fsp3) is 0.333. The van der Waals surface area contributed by atoms with Gasteiger partial charge < -0.3 is 10.3 Å². The fourth-order valence-corrected chi connectivity index (χ4v) is 3.66. The first-order valence-corrected chi connectivity index (χ1v) is 9.18. The number of hydrogen-bond donors (Lipinski definition) is 2. The molecule has 0 radical (unpaired) electrons. The Morgan fingerprint density at radius 1 is 1.23 bits per heavy atom. The summed E-state index contributed by atoms with van der Waals surface area (Å²) in [7, 11) is 0. The fourth-order valence-electron chi connectivity index (χ4n) is 3.66. The smallest absolute Gasteiger partial charge is 0.252 e. The molecule has 134 valence electrons. The van der Waals surface area contributed by atoms with Gasteiger partial charge in [0.1, 0.15) is 5.82 Å². The number of rotatable bonds is 5. The lowest BCUT2D eigenvalue weighted by Gasteiger charge is -2.16. The van der Waals surface area contributed by atoms with Crippen molar-refractivity contribution in [1.29, 1.82) is 0 Å². The molecule has 0 unspecified atom stereocenters. The van der Waals surface area contributed by atoms with Crippen LogP contribution in [0.4, 0.5) is 5.82 Å². The minimum absolute atomic E-state index is 0.0224. The summed E-state index contributed by atoms with van der Waals surface area (Å²) in [5.41, 5.74) is 2.79. The number of para-hydroxylation sites is 1. The van der Waals surface area contributed by atoms with Crippen LogP contribution in [0, 0.1) is 12.8 Å². The number of aromatic nitrogens is 2. The monoisotopic (exact) mass is 348 g/mol. The molecule has 0 aliphatic carbocycles. The second-order valence-corrected chi connectivity index (χ2v) is 7.15. The van der Waals surface area contributed by atoms with E-state index in [0.717, 1.165) is 54.0 Å². The third kappa shape index (κ3) is 3.78. The first-order valence-electron chi connectivity index (χ1n) is 9.18. The quantitative estimate of drug-likeness (QED) is 0.743. The van der Waals surface area contributed by atoms with Gasteiger partial charge in [0.2, 0.25) is 0 Å². The molecule has 1 aliphatic rings. The zero-order valence-electron chi connectivity index (χ0n) is 15.0. The van der Waals surface area contributed by atoms with E-state index < -0.39 is 0 Å². The number of fused-ring (bicyclic) bond motifs is 1. The van der Waals surface area contributed by atoms with Crippen LogP contribution >= 0.6 is 0 Å². The molecule has 2 N–H and O–H groups in total. The maximum absolute atomic E-state index is 12.3. The lowest BCUT2D eigenvalue weighted by molar-refractivity contribution is 0.317. The van der Waals surface area contributed by atoms with E-state index in [9.17, 15) is 4.79 Å². The molecule has 5 heteroatoms. The molecular weight excluding hydrogens is 324 g/mol. The van der Waals surface area contributed by atoms with Crippen LogP contribution in [-0.4, -0.2) is 34.5 Å². The Labute approximate surface area is 153 Å². The normalized spacial score (nSPS) is 17.7. The first-order chi connectivity index (χ1) is 12.7. The summed E-state index contributed by atoms with van der Waals surface area (Å²) in [4.78, 5) is 22.2. The number of hydrogen-bond acceptors (Lipinski definition) is 4. The number of aromatic amines is 1. The number of anilines is 1. The molecule has 0 bridgehead atoms. The molecule has 3 heterocycles. The van der Waals surface area contributed by atoms with Crippen LogP contribution in [-0.2, 0) is 6.54 Å². The summed E-state index contributed by atoms with van der Waals surface area (Å²) in [6.07, 6.45) is 1.14. The van der Waals surface area contributed by atoms with Gasteiger partial charge in [-0.1, -0.05) is 24.3 Å². The largest absolute Gasteiger partial charge is 0.370 e. The summed E-state index contributed by atoms with van der Waals surface area (Å²) in [5, 5.41) is 4.53. The molecule has 0 amide bonds. The zero-order chi connectivity index (χ0) is 17.9. The molecule has 0 spiro atoms. The Morgan fingerprint density at radius 3 is 3.00 bits per heavy atom. The molecular formula is C21H24N4O. The maximum Gasteiger partial charge on any atom is 0.252 e. The summed E-state index contributed by atoms with van der Waals surface area (Å²) in [6, 6.07) is 16.0. The summed E-state index contributed by atoms with van der Waals surface area (Å²) < 4.78 is 0. The van der Waals surface area contributed by atoms with Gasteiger partial charge in [-0.15, -0.1) is 0 Å². The number of likely N-dealkylation sites (tertiary alicyclic amines) is 1. The van der Waals surface area contributed by atoms with Gasteiger partial charge in [-0.2, -0.15) is 0 Å². The van der Waals surface area contributed by atoms with Crippen molar-refractivity contribution in [1.82, 2.24) is 14.9 Å². The summed E-state index contributed by atoms with van der Waals surface area (Å²) in [6.45, 7) is 5.66. The predicted molar refractivity (Wildman–Crippen MR) is 105 cm³/mol. The topological polar surface area (TPSA) is 61.0 Å². The van der Waals surface area contributed by atoms with Crippen molar-refractivity contribution in [3.63, 3.8) is 0 Å². The average Bonchev–Trinajstić information content (AvgIpc) is 3.08. The average molecular weight is 348 g/mol. The van der Waals surface area contributed by atoms with Gasteiger partial charge in [0.15, 0.2) is 0 Å². The molecule has 1 fully saturated rings. The number of nitrogens with zero attached hydrogens (tertiary/aromatic N) is 2. The van der Waals surface area contributed by atoms with E-state index in [4.69, 9.17) is 0 Å². The van der Waals surface area contributed by atoms with Crippen molar-refractivity contribution >= 4 is 16.7 Å². The second kappa shape index (κ2) is 7.30. The molecule has 4 rings (SSSR count). The van der Waals surface area contributed by atoms with Crippen LogP contribution in [0.1, 0.15) is 17.7 Å². The Kier molecular flexibility index (Phi) is 4.71. The van der Waals surface area contributed by atoms with Crippen LogP contribution in [0.25, 0.3) is 10.9 Å². The third-order valence-electron chi connectivity index (χ3n) is 5.05. The minimum atomic E-state index is 0.0224. The van der Waals surface area contributed by atoms with Crippen LogP contribution < -0.4 is 10.9 Å². The molecule has 5 nitrogen and oxygen atoms in total. The predicted octanol–water partition coefficient (Wildman–Crippen LogP) is 3.17. The van der Waals surface area contributed by atoms with E-state index >= 15 is 0 Å². The van der Waals surface area contributed by atoms with Gasteiger partial charge in [-0.25, -0.2) is 4.98 Å². The van der Waals surface area contributed by atoms with E-state index in [1.165, 1.54) is 0 Å². The molecule has 1 aromatic carbocycles. The lowest BCUT2D eigenvalue weighted by Crippen LogP contribution is -2.26. The highest BCUT2D eigenvalue weighted by Gasteiger charge is 2.23. The van der Waals surface area contributed by atoms with E-state index in [2.05, 4.69) is 20.2 Å². The second-order valence-electron chi connectivity index (χ2n) is 7.15. The highest BCUT2D eigenvalue weighted by molar-refractivity contribution is 5.78. The maximum atomic E-state index is 12.3. The summed E-state index contributed by atoms with van der Waals surface area (Å²) in [5.74, 6) is 1.52. The molecule has 3 aromatic rings. The Balaban J connectivity index is 1.37. The number of aryl methyl sites for hydroxylation is 1. The summed E-state index contributed by atoms with van der Waals surface area (Å²) >= 11 is 0. The van der Waals surface area contributed by atoms with Crippen LogP contribution in [0.15, 0.2) is 53.3 Å². The molecule has 1 aliphatic heterocycles. The Bertz CT molecular complexity index is 965. The molecule has 1 atom stereocenters. The number of H-pyrrole nitrogens is 1. The minimum Gasteiger partial charge on any atom is -0.370 e. The van der Waals surface area contributed by atoms with E-state index in [1.807, 2.05) is 55.5 Å². The number of benzene rings is 1. The van der Waals surface area contributed by atoms with Crippen LogP contribution in [0.2, 0.25) is 0 Å². The standard InChI is InChI=1S/C21H24N4O/c1-15-5-4-8-20(23-15)22-12-16-9-10-25(13-16)14-18-11-17-6-2-3-7-19(17)24-21(18)26/h2-8,11,16H,9-10,12-14H2,1H3,(H,22,23)(H,24,26)/t16-/m1/s1. The first kappa shape index (κ1) is 16.8. The van der Waals surface area contributed by atoms with Crippen LogP contribution in [0.3, 0.4) is 0 Å². The number of pyridine rings is 2. The van der Waals surface area contributed by atoms with Crippen LogP contribution in [0.5, 0.6) is 0 Å². The van der Waals surface area contributed by atoms with E-state index in [1.54, 1.807) is 0 Å². The van der Waals surface area contributed by atoms with Crippen molar-refractivity contribution < 1.29 is 0 Å². The number of nitrogens with one attached hydrogen (secondary N) is 2. The highest BCUT2D eigenvalue weighted by Crippen LogP contribution is 2.19. The van der Waals surface area contributed by atoms with Crippen molar-refractivity contribution in [2.75, 3.05) is 25.0 Å². The van der Waals surface area contributed by atoms with Gasteiger partial charge in [0.05, 0.1) is 0 Å². The Hall–Kier alpha value is -2.66. The molecule has 26 heavy (non-hydrogen) atoms. The Morgan fingerprint density at radius 2 is 2.12 bits per heavy atom. The third-order valence-corrected chi connectivity index (χ3v) is 5.05. The zero-order valence-corrected chi connectivity index (χ0v) is 15.0. The van der Waals surface area contributed by atoms with Gasteiger partial charge in [-0.05, 0) is 55.5 Å². The van der Waals surface area contributed by atoms with Crippen molar-refractivity contribution in [2.45, 2.75) is 19.9 Å². The van der Waals surface area contributed by atoms with Crippen molar-refractivity contribution in [2.24, 2.45) is 5.92 Å². The molecule has 0 saturated carbocycles. The molecule has 2 aromatic heterocycles. The SMILES string of the molecule is Cc1cccc(NC[C@H]2CCN(Cc3cc4ccccc4[nH]c3=O)C2)n1. The van der Waals surface area contributed by atoms with Gasteiger partial charge in [-0.3, -0.25) is 9.69 Å². The molecule has 1 saturated heterocycles. The van der Waals surface area contributed by atoms with E-state index in [-0.39, 0.29) is 5.56 Å². The van der Waals surface area contributed by atoms with Crippen molar-refractivity contribution in [3.8, 4) is 0 Å². The highest BCUT2D eigenvalue weighted by atomic mass is 16.1. The van der Waals surface area contributed by atoms with Crippen molar-refractivity contribution in [3.05, 3.63) is 70.1 Å². The van der Waals surface area contributed by atoms with Gasteiger partial charge in [0, 0.05) is 36.4 Å². The van der Waals surface area contributed by atoms with E-state index in [0.29, 0.717) is 12.5 Å². The van der Waals surface area contributed by atoms with Gasteiger partial charge in [0.25, 0.3) is 5.56 Å². The lowest BCUT2D eigenvalue weighted by atomic mass is 10.1.